The van der Waals surface area contributed by atoms with E-state index in [4.69, 9.17) is 23.2 Å². The van der Waals surface area contributed by atoms with Crippen molar-refractivity contribution in [1.29, 1.82) is 0 Å². The van der Waals surface area contributed by atoms with Crippen molar-refractivity contribution in [1.82, 2.24) is 4.90 Å². The number of halogens is 5. The van der Waals surface area contributed by atoms with Crippen LogP contribution in [0, 0.1) is 0 Å². The first-order chi connectivity index (χ1) is 14.0. The summed E-state index contributed by atoms with van der Waals surface area (Å²) >= 11 is 11.8. The number of amides is 1. The van der Waals surface area contributed by atoms with Crippen LogP contribution in [-0.2, 0) is 16.2 Å². The molecule has 1 heterocycles. The number of nitrogens with zero attached hydrogens (tertiary/aromatic N) is 1. The second kappa shape index (κ2) is 8.64. The number of anilines is 1. The number of sulfonamides is 1. The highest BCUT2D eigenvalue weighted by Crippen LogP contribution is 2.34. The predicted octanol–water partition coefficient (Wildman–Crippen LogP) is 5.44. The zero-order chi connectivity index (χ0) is 22.1. The SMILES string of the molecule is O=C(c1ccc(Cl)cc1NS(=O)(=O)c1cc(C(F)(F)F)ccc1Cl)N1CCCCC1. The first kappa shape index (κ1) is 22.7. The molecule has 1 aliphatic heterocycles. The van der Waals surface area contributed by atoms with Crippen LogP contribution >= 0.6 is 23.2 Å². The van der Waals surface area contributed by atoms with Gasteiger partial charge < -0.3 is 4.90 Å². The lowest BCUT2D eigenvalue weighted by Crippen LogP contribution is -2.36. The van der Waals surface area contributed by atoms with E-state index in [2.05, 4.69) is 4.72 Å². The Labute approximate surface area is 181 Å². The van der Waals surface area contributed by atoms with Crippen molar-refractivity contribution in [2.45, 2.75) is 30.3 Å². The maximum atomic E-state index is 13.0. The Bertz CT molecular complexity index is 1070. The molecule has 0 aromatic heterocycles. The van der Waals surface area contributed by atoms with Gasteiger partial charge in [-0.15, -0.1) is 0 Å². The monoisotopic (exact) mass is 480 g/mol. The number of nitrogens with one attached hydrogen (secondary N) is 1. The summed E-state index contributed by atoms with van der Waals surface area (Å²) in [5, 5.41) is -0.237. The molecule has 0 spiro atoms. The van der Waals surface area contributed by atoms with E-state index in [9.17, 15) is 26.4 Å². The number of rotatable bonds is 4. The van der Waals surface area contributed by atoms with Crippen molar-refractivity contribution in [3.05, 3.63) is 57.6 Å². The number of hydrogen-bond donors (Lipinski definition) is 1. The number of likely N-dealkylation sites (tertiary alicyclic amines) is 1. The third-order valence-electron chi connectivity index (χ3n) is 4.65. The first-order valence-electron chi connectivity index (χ1n) is 8.97. The molecule has 0 saturated carbocycles. The van der Waals surface area contributed by atoms with Gasteiger partial charge in [-0.3, -0.25) is 9.52 Å². The summed E-state index contributed by atoms with van der Waals surface area (Å²) in [5.41, 5.74) is -1.25. The fourth-order valence-corrected chi connectivity index (χ4v) is 4.91. The van der Waals surface area contributed by atoms with Crippen molar-refractivity contribution in [3.8, 4) is 0 Å². The van der Waals surface area contributed by atoms with Crippen molar-refractivity contribution in [3.63, 3.8) is 0 Å². The van der Waals surface area contributed by atoms with Gasteiger partial charge in [0.15, 0.2) is 0 Å². The van der Waals surface area contributed by atoms with Gasteiger partial charge in [-0.1, -0.05) is 23.2 Å². The lowest BCUT2D eigenvalue weighted by molar-refractivity contribution is -0.137. The quantitative estimate of drug-likeness (QED) is 0.633. The third-order valence-corrected chi connectivity index (χ3v) is 6.73. The second-order valence-electron chi connectivity index (χ2n) is 6.79. The maximum Gasteiger partial charge on any atom is 0.416 e. The maximum absolute atomic E-state index is 13.0. The van der Waals surface area contributed by atoms with Crippen LogP contribution in [0.2, 0.25) is 10.0 Å². The predicted molar refractivity (Wildman–Crippen MR) is 108 cm³/mol. The van der Waals surface area contributed by atoms with Gasteiger partial charge in [0.25, 0.3) is 15.9 Å². The van der Waals surface area contributed by atoms with Crippen LogP contribution in [-0.4, -0.2) is 32.3 Å². The Balaban J connectivity index is 1.99. The molecule has 162 valence electrons. The van der Waals surface area contributed by atoms with E-state index in [1.165, 1.54) is 18.2 Å². The molecular formula is C19H17Cl2F3N2O3S. The molecule has 1 aliphatic rings. The summed E-state index contributed by atoms with van der Waals surface area (Å²) in [5.74, 6) is -0.390. The number of benzene rings is 2. The molecule has 0 unspecified atom stereocenters. The van der Waals surface area contributed by atoms with Gasteiger partial charge in [-0.25, -0.2) is 8.42 Å². The van der Waals surface area contributed by atoms with E-state index in [1.807, 2.05) is 0 Å². The number of hydrogen-bond acceptors (Lipinski definition) is 3. The largest absolute Gasteiger partial charge is 0.416 e. The second-order valence-corrected chi connectivity index (χ2v) is 9.29. The highest BCUT2D eigenvalue weighted by atomic mass is 35.5. The van der Waals surface area contributed by atoms with E-state index in [0.717, 1.165) is 25.3 Å². The molecule has 1 N–H and O–H groups in total. The molecule has 5 nitrogen and oxygen atoms in total. The van der Waals surface area contributed by atoms with Crippen LogP contribution in [0.1, 0.15) is 35.2 Å². The summed E-state index contributed by atoms with van der Waals surface area (Å²) in [4.78, 5) is 13.7. The number of alkyl halides is 3. The Morgan fingerprint density at radius 2 is 1.67 bits per heavy atom. The third kappa shape index (κ3) is 5.01. The Morgan fingerprint density at radius 1 is 1.00 bits per heavy atom. The topological polar surface area (TPSA) is 66.5 Å². The summed E-state index contributed by atoms with van der Waals surface area (Å²) in [6, 6.07) is 6.04. The molecular weight excluding hydrogens is 464 g/mol. The summed E-state index contributed by atoms with van der Waals surface area (Å²) in [6.45, 7) is 1.07. The van der Waals surface area contributed by atoms with Gasteiger partial charge in [0.05, 0.1) is 21.8 Å². The molecule has 30 heavy (non-hydrogen) atoms. The van der Waals surface area contributed by atoms with Crippen molar-refractivity contribution in [2.24, 2.45) is 0 Å². The zero-order valence-corrected chi connectivity index (χ0v) is 17.8. The van der Waals surface area contributed by atoms with Gasteiger partial charge in [-0.2, -0.15) is 13.2 Å². The lowest BCUT2D eigenvalue weighted by Gasteiger charge is -2.27. The van der Waals surface area contributed by atoms with Crippen LogP contribution in [0.3, 0.4) is 0 Å². The normalized spacial score (nSPS) is 15.2. The van der Waals surface area contributed by atoms with Crippen LogP contribution in [0.25, 0.3) is 0 Å². The minimum Gasteiger partial charge on any atom is -0.339 e. The van der Waals surface area contributed by atoms with Crippen molar-refractivity contribution >= 4 is 44.8 Å². The standard InChI is InChI=1S/C19H17Cl2F3N2O3S/c20-13-5-6-14(18(27)26-8-2-1-3-9-26)16(11-13)25-30(28,29)17-10-12(19(22,23)24)4-7-15(17)21/h4-7,10-11,25H,1-3,8-9H2. The van der Waals surface area contributed by atoms with Gasteiger partial charge in [0.2, 0.25) is 0 Å². The van der Waals surface area contributed by atoms with E-state index >= 15 is 0 Å². The van der Waals surface area contributed by atoms with Gasteiger partial charge in [0.1, 0.15) is 4.90 Å². The summed E-state index contributed by atoms with van der Waals surface area (Å²) in [7, 11) is -4.54. The first-order valence-corrected chi connectivity index (χ1v) is 11.2. The number of carbonyl (C=O) groups excluding carboxylic acids is 1. The molecule has 3 rings (SSSR count). The smallest absolute Gasteiger partial charge is 0.339 e. The van der Waals surface area contributed by atoms with Crippen molar-refractivity contribution < 1.29 is 26.4 Å². The molecule has 0 radical (unpaired) electrons. The lowest BCUT2D eigenvalue weighted by atomic mass is 10.1. The molecule has 1 amide bonds. The van der Waals surface area contributed by atoms with Crippen LogP contribution in [0.4, 0.5) is 18.9 Å². The van der Waals surface area contributed by atoms with Crippen LogP contribution in [0.15, 0.2) is 41.3 Å². The minimum atomic E-state index is -4.75. The Kier molecular flexibility index (Phi) is 6.54. The molecule has 2 aromatic rings. The molecule has 0 aliphatic carbocycles. The van der Waals surface area contributed by atoms with Gasteiger partial charge in [-0.05, 0) is 55.7 Å². The average Bonchev–Trinajstić information content (AvgIpc) is 2.67. The van der Waals surface area contributed by atoms with Gasteiger partial charge >= 0.3 is 6.18 Å². The van der Waals surface area contributed by atoms with Crippen molar-refractivity contribution in [2.75, 3.05) is 17.8 Å². The molecule has 2 aromatic carbocycles. The van der Waals surface area contributed by atoms with E-state index in [1.54, 1.807) is 4.90 Å². The average molecular weight is 481 g/mol. The highest BCUT2D eigenvalue weighted by molar-refractivity contribution is 7.92. The highest BCUT2D eigenvalue weighted by Gasteiger charge is 2.33. The molecule has 0 atom stereocenters. The van der Waals surface area contributed by atoms with E-state index in [-0.39, 0.29) is 27.2 Å². The summed E-state index contributed by atoms with van der Waals surface area (Å²) < 4.78 is 66.9. The zero-order valence-electron chi connectivity index (χ0n) is 15.5. The van der Waals surface area contributed by atoms with Crippen LogP contribution < -0.4 is 4.72 Å². The number of carbonyl (C=O) groups is 1. The molecule has 1 fully saturated rings. The molecule has 11 heteroatoms. The van der Waals surface area contributed by atoms with E-state index < -0.39 is 26.7 Å². The van der Waals surface area contributed by atoms with Crippen LogP contribution in [0.5, 0.6) is 0 Å². The van der Waals surface area contributed by atoms with E-state index in [0.29, 0.717) is 25.2 Å². The fourth-order valence-electron chi connectivity index (χ4n) is 3.14. The Hall–Kier alpha value is -1.97. The number of piperidine rings is 1. The fraction of sp³-hybridized carbons (Fsp3) is 0.316. The Morgan fingerprint density at radius 3 is 2.30 bits per heavy atom. The van der Waals surface area contributed by atoms with Gasteiger partial charge in [0, 0.05) is 18.1 Å². The molecule has 1 saturated heterocycles. The summed E-state index contributed by atoms with van der Waals surface area (Å²) in [6.07, 6.45) is -2.08. The molecule has 0 bridgehead atoms. The minimum absolute atomic E-state index is 0.0490.